The molecule has 3 heterocycles. The molecule has 3 aliphatic rings. The molecule has 0 saturated carbocycles. The van der Waals surface area contributed by atoms with E-state index in [1.54, 1.807) is 11.9 Å². The van der Waals surface area contributed by atoms with Gasteiger partial charge in [-0.05, 0) is 40.4 Å². The van der Waals surface area contributed by atoms with E-state index in [4.69, 9.17) is 4.99 Å². The van der Waals surface area contributed by atoms with Gasteiger partial charge in [0.05, 0.1) is 6.54 Å². The average Bonchev–Trinajstić information content (AvgIpc) is 3.20. The van der Waals surface area contributed by atoms with Crippen LogP contribution < -0.4 is 0 Å². The van der Waals surface area contributed by atoms with E-state index in [9.17, 15) is 9.59 Å². The summed E-state index contributed by atoms with van der Waals surface area (Å²) in [5, 5.41) is 0. The molecule has 8 heteroatoms. The number of hydrogen-bond donors (Lipinski definition) is 0. The lowest BCUT2D eigenvalue weighted by molar-refractivity contribution is -0.137. The van der Waals surface area contributed by atoms with Crippen LogP contribution in [0.25, 0.3) is 0 Å². The summed E-state index contributed by atoms with van der Waals surface area (Å²) in [6, 6.07) is 7.10. The Morgan fingerprint density at radius 1 is 1.00 bits per heavy atom. The minimum absolute atomic E-state index is 0.191. The molecule has 2 unspecified atom stereocenters. The molecule has 1 fully saturated rings. The molecular formula is C22H30N6O2. The van der Waals surface area contributed by atoms with Gasteiger partial charge in [0.1, 0.15) is 0 Å². The van der Waals surface area contributed by atoms with E-state index in [-0.39, 0.29) is 18.5 Å². The summed E-state index contributed by atoms with van der Waals surface area (Å²) in [6.45, 7) is 8.02. The van der Waals surface area contributed by atoms with Gasteiger partial charge in [-0.2, -0.15) is 0 Å². The lowest BCUT2D eigenvalue weighted by Gasteiger charge is -2.40. The third-order valence-electron chi connectivity index (χ3n) is 6.24. The summed E-state index contributed by atoms with van der Waals surface area (Å²) in [5.41, 5.74) is 4.20. The van der Waals surface area contributed by atoms with Crippen molar-refractivity contribution in [3.05, 3.63) is 46.8 Å². The number of imide groups is 1. The van der Waals surface area contributed by atoms with Crippen molar-refractivity contribution in [2.75, 3.05) is 34.2 Å². The molecule has 1 aromatic carbocycles. The first-order valence-corrected chi connectivity index (χ1v) is 10.3. The molecule has 1 aromatic rings. The number of guanidine groups is 1. The Balaban J connectivity index is 1.63. The van der Waals surface area contributed by atoms with Crippen LogP contribution in [0.2, 0.25) is 0 Å². The minimum Gasteiger partial charge on any atom is -0.313 e. The zero-order chi connectivity index (χ0) is 21.7. The van der Waals surface area contributed by atoms with Crippen molar-refractivity contribution in [3.63, 3.8) is 0 Å². The van der Waals surface area contributed by atoms with Crippen LogP contribution in [0.1, 0.15) is 25.0 Å². The summed E-state index contributed by atoms with van der Waals surface area (Å²) in [7, 11) is 5.81. The lowest BCUT2D eigenvalue weighted by Crippen LogP contribution is -2.64. The number of benzene rings is 1. The van der Waals surface area contributed by atoms with Gasteiger partial charge in [-0.15, -0.1) is 0 Å². The number of urea groups is 1. The first kappa shape index (κ1) is 20.4. The number of carbonyl (C=O) groups excluding carboxylic acids is 2. The Hall–Kier alpha value is -2.87. The first-order chi connectivity index (χ1) is 14.2. The van der Waals surface area contributed by atoms with Gasteiger partial charge in [0.25, 0.3) is 5.91 Å². The molecule has 3 amide bonds. The minimum atomic E-state index is -0.521. The maximum atomic E-state index is 13.5. The van der Waals surface area contributed by atoms with Crippen molar-refractivity contribution in [1.29, 1.82) is 0 Å². The van der Waals surface area contributed by atoms with E-state index in [0.29, 0.717) is 0 Å². The molecule has 0 aromatic heterocycles. The van der Waals surface area contributed by atoms with Crippen molar-refractivity contribution in [3.8, 4) is 0 Å². The number of rotatable bonds is 5. The molecule has 0 aliphatic carbocycles. The lowest BCUT2D eigenvalue weighted by atomic mass is 10.1. The number of fused-ring (bicyclic) bond motifs is 3. The third-order valence-corrected chi connectivity index (χ3v) is 6.24. The van der Waals surface area contributed by atoms with Gasteiger partial charge >= 0.3 is 6.03 Å². The summed E-state index contributed by atoms with van der Waals surface area (Å²) in [5.74, 6) is 0.580. The number of amides is 3. The highest BCUT2D eigenvalue weighted by Crippen LogP contribution is 2.37. The number of allylic oxidation sites excluding steroid dienone is 2. The maximum absolute atomic E-state index is 13.5. The first-order valence-electron chi connectivity index (χ1n) is 10.3. The van der Waals surface area contributed by atoms with E-state index in [0.717, 1.165) is 41.6 Å². The smallest absolute Gasteiger partial charge is 0.313 e. The zero-order valence-electron chi connectivity index (χ0n) is 18.6. The summed E-state index contributed by atoms with van der Waals surface area (Å²) in [4.78, 5) is 40.6. The zero-order valence-corrected chi connectivity index (χ0v) is 18.6. The molecule has 0 N–H and O–H groups in total. The molecule has 0 bridgehead atoms. The molecular weight excluding hydrogens is 380 g/mol. The van der Waals surface area contributed by atoms with Crippen LogP contribution in [0.5, 0.6) is 0 Å². The number of carbonyl (C=O) groups is 2. The quantitative estimate of drug-likeness (QED) is 0.742. The van der Waals surface area contributed by atoms with E-state index < -0.39 is 12.2 Å². The maximum Gasteiger partial charge on any atom is 0.328 e. The van der Waals surface area contributed by atoms with Crippen LogP contribution in [0.4, 0.5) is 4.79 Å². The molecule has 1 saturated heterocycles. The van der Waals surface area contributed by atoms with Crippen LogP contribution >= 0.6 is 0 Å². The standard InChI is InChI=1S/C22H30N6O2/c1-14-7-9-17(10-8-14)13-27-20(29)18-19(25(6)22(27)30)23-21-26(12-11-24(4)5)15(2)16(3)28(18)21/h7-10,18-19H,11-13H2,1-6H3. The SMILES string of the molecule is CC1=C(C)N2C(=NC3C2C(=O)N(Cc2ccc(C)cc2)C(=O)N3C)N1CCN(C)C. The summed E-state index contributed by atoms with van der Waals surface area (Å²) < 4.78 is 0. The Bertz CT molecular complexity index is 935. The highest BCUT2D eigenvalue weighted by Gasteiger charge is 2.55. The van der Waals surface area contributed by atoms with Crippen LogP contribution in [0.15, 0.2) is 40.7 Å². The fourth-order valence-corrected chi connectivity index (χ4v) is 4.27. The van der Waals surface area contributed by atoms with Gasteiger partial charge < -0.3 is 14.7 Å². The normalized spacial score (nSPS) is 23.6. The van der Waals surface area contributed by atoms with Gasteiger partial charge in [-0.25, -0.2) is 9.79 Å². The average molecular weight is 411 g/mol. The second-order valence-electron chi connectivity index (χ2n) is 8.59. The Labute approximate surface area is 178 Å². The topological polar surface area (TPSA) is 62.7 Å². The number of likely N-dealkylation sites (N-methyl/N-ethyl adjacent to an activating group) is 2. The van der Waals surface area contributed by atoms with Crippen molar-refractivity contribution in [1.82, 2.24) is 24.5 Å². The van der Waals surface area contributed by atoms with Gasteiger partial charge in [0, 0.05) is 31.5 Å². The fraction of sp³-hybridized carbons (Fsp3) is 0.500. The Morgan fingerprint density at radius 3 is 2.30 bits per heavy atom. The molecule has 160 valence electrons. The molecule has 8 nitrogen and oxygen atoms in total. The predicted molar refractivity (Wildman–Crippen MR) is 115 cm³/mol. The van der Waals surface area contributed by atoms with Gasteiger partial charge in [-0.3, -0.25) is 14.6 Å². The van der Waals surface area contributed by atoms with Crippen molar-refractivity contribution in [2.24, 2.45) is 4.99 Å². The molecule has 0 radical (unpaired) electrons. The Kier molecular flexibility index (Phi) is 5.05. The van der Waals surface area contributed by atoms with Crippen molar-refractivity contribution >= 4 is 17.9 Å². The highest BCUT2D eigenvalue weighted by atomic mass is 16.2. The predicted octanol–water partition coefficient (Wildman–Crippen LogP) is 1.88. The molecule has 4 rings (SSSR count). The van der Waals surface area contributed by atoms with E-state index in [1.807, 2.05) is 57.1 Å². The second-order valence-corrected chi connectivity index (χ2v) is 8.59. The van der Waals surface area contributed by atoms with Crippen LogP contribution in [0, 0.1) is 6.92 Å². The van der Waals surface area contributed by atoms with Crippen LogP contribution in [-0.4, -0.2) is 88.8 Å². The van der Waals surface area contributed by atoms with Gasteiger partial charge in [0.15, 0.2) is 12.2 Å². The van der Waals surface area contributed by atoms with Gasteiger partial charge in [-0.1, -0.05) is 29.8 Å². The van der Waals surface area contributed by atoms with E-state index >= 15 is 0 Å². The monoisotopic (exact) mass is 410 g/mol. The number of hydrogen-bond acceptors (Lipinski definition) is 6. The number of aryl methyl sites for hydroxylation is 1. The molecule has 3 aliphatic heterocycles. The molecule has 2 atom stereocenters. The van der Waals surface area contributed by atoms with Crippen molar-refractivity contribution in [2.45, 2.75) is 39.5 Å². The summed E-state index contributed by atoms with van der Waals surface area (Å²) >= 11 is 0. The molecule has 30 heavy (non-hydrogen) atoms. The van der Waals surface area contributed by atoms with Crippen LogP contribution in [-0.2, 0) is 11.3 Å². The number of aliphatic imine (C=N–C) groups is 1. The fourth-order valence-electron chi connectivity index (χ4n) is 4.27. The number of nitrogens with zero attached hydrogens (tertiary/aromatic N) is 6. The second kappa shape index (κ2) is 7.43. The third kappa shape index (κ3) is 3.15. The summed E-state index contributed by atoms with van der Waals surface area (Å²) in [6.07, 6.45) is -0.501. The van der Waals surface area contributed by atoms with E-state index in [2.05, 4.69) is 16.7 Å². The van der Waals surface area contributed by atoms with E-state index in [1.165, 1.54) is 4.90 Å². The van der Waals surface area contributed by atoms with Crippen molar-refractivity contribution < 1.29 is 9.59 Å². The largest absolute Gasteiger partial charge is 0.328 e. The van der Waals surface area contributed by atoms with Crippen LogP contribution in [0.3, 0.4) is 0 Å². The van der Waals surface area contributed by atoms with Gasteiger partial charge in [0.2, 0.25) is 5.96 Å². The highest BCUT2D eigenvalue weighted by molar-refractivity contribution is 6.05. The molecule has 0 spiro atoms. The Morgan fingerprint density at radius 2 is 1.67 bits per heavy atom.